The molecular formula is C18H30N2O. The van der Waals surface area contributed by atoms with Gasteiger partial charge in [0.15, 0.2) is 0 Å². The molecule has 2 rings (SSSR count). The van der Waals surface area contributed by atoms with Crippen LogP contribution in [0.4, 0.5) is 0 Å². The van der Waals surface area contributed by atoms with Gasteiger partial charge in [0.2, 0.25) is 0 Å². The van der Waals surface area contributed by atoms with E-state index in [2.05, 4.69) is 48.3 Å². The van der Waals surface area contributed by atoms with Crippen molar-refractivity contribution in [3.05, 3.63) is 35.9 Å². The molecule has 0 heterocycles. The van der Waals surface area contributed by atoms with Crippen molar-refractivity contribution in [3.63, 3.8) is 0 Å². The summed E-state index contributed by atoms with van der Waals surface area (Å²) in [7, 11) is 0. The normalized spacial score (nSPS) is 17.9. The molecule has 2 N–H and O–H groups in total. The highest BCUT2D eigenvalue weighted by Gasteiger charge is 2.37. The number of nitrogens with zero attached hydrogens (tertiary/aromatic N) is 1. The Morgan fingerprint density at radius 3 is 2.43 bits per heavy atom. The third-order valence-corrected chi connectivity index (χ3v) is 4.50. The van der Waals surface area contributed by atoms with Crippen LogP contribution in [0.2, 0.25) is 0 Å². The van der Waals surface area contributed by atoms with Crippen molar-refractivity contribution in [2.24, 2.45) is 0 Å². The Labute approximate surface area is 129 Å². The van der Waals surface area contributed by atoms with Gasteiger partial charge in [-0.05, 0) is 44.3 Å². The maximum atomic E-state index is 10.1. The van der Waals surface area contributed by atoms with Crippen molar-refractivity contribution in [2.75, 3.05) is 26.2 Å². The molecule has 1 aliphatic carbocycles. The Morgan fingerprint density at radius 2 is 1.90 bits per heavy atom. The van der Waals surface area contributed by atoms with Gasteiger partial charge < -0.3 is 15.3 Å². The fourth-order valence-corrected chi connectivity index (χ4v) is 2.98. The molecule has 0 radical (unpaired) electrons. The summed E-state index contributed by atoms with van der Waals surface area (Å²) < 4.78 is 0. The summed E-state index contributed by atoms with van der Waals surface area (Å²) in [6.45, 7) is 7.84. The van der Waals surface area contributed by atoms with Crippen LogP contribution in [0.1, 0.15) is 45.1 Å². The van der Waals surface area contributed by atoms with Crippen LogP contribution in [0.25, 0.3) is 0 Å². The lowest BCUT2D eigenvalue weighted by Gasteiger charge is -2.36. The molecule has 1 atom stereocenters. The number of hydrogen-bond acceptors (Lipinski definition) is 3. The summed E-state index contributed by atoms with van der Waals surface area (Å²) in [4.78, 5) is 2.47. The molecule has 21 heavy (non-hydrogen) atoms. The topological polar surface area (TPSA) is 35.5 Å². The predicted octanol–water partition coefficient (Wildman–Crippen LogP) is 2.75. The first-order chi connectivity index (χ1) is 10.2. The zero-order valence-electron chi connectivity index (χ0n) is 13.5. The van der Waals surface area contributed by atoms with E-state index in [0.29, 0.717) is 6.04 Å². The first-order valence-electron chi connectivity index (χ1n) is 8.40. The molecule has 1 fully saturated rings. The van der Waals surface area contributed by atoms with Gasteiger partial charge in [-0.25, -0.2) is 0 Å². The monoisotopic (exact) mass is 290 g/mol. The second-order valence-electron chi connectivity index (χ2n) is 6.21. The Kier molecular flexibility index (Phi) is 6.22. The lowest BCUT2D eigenvalue weighted by molar-refractivity contribution is 0.130. The summed E-state index contributed by atoms with van der Waals surface area (Å²) in [5.74, 6) is 0. The highest BCUT2D eigenvalue weighted by Crippen LogP contribution is 2.31. The molecule has 0 spiro atoms. The van der Waals surface area contributed by atoms with Gasteiger partial charge in [0, 0.05) is 12.6 Å². The van der Waals surface area contributed by atoms with Gasteiger partial charge in [0.1, 0.15) is 0 Å². The zero-order chi connectivity index (χ0) is 15.1. The first-order valence-corrected chi connectivity index (χ1v) is 8.40. The maximum absolute atomic E-state index is 10.1. The standard InChI is InChI=1S/C18H30N2O/c1-3-13-20(4-2)14-12-18(15-21,19-17-10-11-17)16-8-6-5-7-9-16/h5-9,17,19,21H,3-4,10-15H2,1-2H3. The van der Waals surface area contributed by atoms with Gasteiger partial charge in [-0.3, -0.25) is 0 Å². The number of hydrogen-bond donors (Lipinski definition) is 2. The smallest absolute Gasteiger partial charge is 0.0683 e. The minimum Gasteiger partial charge on any atom is -0.394 e. The van der Waals surface area contributed by atoms with E-state index < -0.39 is 0 Å². The lowest BCUT2D eigenvalue weighted by atomic mass is 9.86. The Balaban J connectivity index is 2.10. The van der Waals surface area contributed by atoms with Crippen LogP contribution in [0, 0.1) is 0 Å². The van der Waals surface area contributed by atoms with Gasteiger partial charge >= 0.3 is 0 Å². The molecule has 1 aromatic carbocycles. The van der Waals surface area contributed by atoms with Crippen molar-refractivity contribution in [1.82, 2.24) is 10.2 Å². The van der Waals surface area contributed by atoms with Gasteiger partial charge in [-0.15, -0.1) is 0 Å². The van der Waals surface area contributed by atoms with Crippen LogP contribution in [-0.2, 0) is 5.54 Å². The highest BCUT2D eigenvalue weighted by atomic mass is 16.3. The molecular weight excluding hydrogens is 260 g/mol. The molecule has 1 saturated carbocycles. The van der Waals surface area contributed by atoms with Crippen molar-refractivity contribution in [2.45, 2.75) is 51.1 Å². The minimum atomic E-state index is -0.288. The van der Waals surface area contributed by atoms with Crippen LogP contribution in [0.3, 0.4) is 0 Å². The lowest BCUT2D eigenvalue weighted by Crippen LogP contribution is -2.49. The number of benzene rings is 1. The molecule has 0 aliphatic heterocycles. The van der Waals surface area contributed by atoms with Crippen molar-refractivity contribution in [1.29, 1.82) is 0 Å². The van der Waals surface area contributed by atoms with Crippen LogP contribution in [-0.4, -0.2) is 42.3 Å². The quantitative estimate of drug-likeness (QED) is 0.695. The van der Waals surface area contributed by atoms with Gasteiger partial charge in [0.05, 0.1) is 12.1 Å². The van der Waals surface area contributed by atoms with Crippen LogP contribution in [0.5, 0.6) is 0 Å². The molecule has 3 heteroatoms. The average Bonchev–Trinajstić information content (AvgIpc) is 3.35. The fourth-order valence-electron chi connectivity index (χ4n) is 2.98. The Morgan fingerprint density at radius 1 is 1.19 bits per heavy atom. The second-order valence-corrected chi connectivity index (χ2v) is 6.21. The maximum Gasteiger partial charge on any atom is 0.0683 e. The van der Waals surface area contributed by atoms with E-state index in [1.165, 1.54) is 24.8 Å². The van der Waals surface area contributed by atoms with Gasteiger partial charge in [-0.2, -0.15) is 0 Å². The Bertz CT molecular complexity index is 405. The fraction of sp³-hybridized carbons (Fsp3) is 0.667. The predicted molar refractivity (Wildman–Crippen MR) is 88.4 cm³/mol. The zero-order valence-corrected chi connectivity index (χ0v) is 13.5. The van der Waals surface area contributed by atoms with E-state index in [1.807, 2.05) is 6.07 Å². The number of aliphatic hydroxyl groups excluding tert-OH is 1. The summed E-state index contributed by atoms with van der Waals surface area (Å²) in [5.41, 5.74) is 0.927. The van der Waals surface area contributed by atoms with Crippen LogP contribution < -0.4 is 5.32 Å². The van der Waals surface area contributed by atoms with E-state index in [-0.39, 0.29) is 12.1 Å². The summed E-state index contributed by atoms with van der Waals surface area (Å²) >= 11 is 0. The van der Waals surface area contributed by atoms with E-state index in [4.69, 9.17) is 0 Å². The molecule has 118 valence electrons. The van der Waals surface area contributed by atoms with Crippen molar-refractivity contribution >= 4 is 0 Å². The number of rotatable bonds is 10. The SMILES string of the molecule is CCCN(CC)CCC(CO)(NC1CC1)c1ccccc1. The molecule has 0 bridgehead atoms. The molecule has 0 amide bonds. The van der Waals surface area contributed by atoms with Crippen LogP contribution in [0.15, 0.2) is 30.3 Å². The summed E-state index contributed by atoms with van der Waals surface area (Å²) in [5, 5.41) is 13.9. The molecule has 0 aromatic heterocycles. The first kappa shape index (κ1) is 16.5. The van der Waals surface area contributed by atoms with Crippen molar-refractivity contribution in [3.8, 4) is 0 Å². The molecule has 0 saturated heterocycles. The molecule has 1 aliphatic rings. The third kappa shape index (κ3) is 4.53. The highest BCUT2D eigenvalue weighted by molar-refractivity contribution is 5.25. The van der Waals surface area contributed by atoms with E-state index in [1.54, 1.807) is 0 Å². The molecule has 1 aromatic rings. The third-order valence-electron chi connectivity index (χ3n) is 4.50. The molecule has 1 unspecified atom stereocenters. The summed E-state index contributed by atoms with van der Waals surface area (Å²) in [6.07, 6.45) is 4.61. The van der Waals surface area contributed by atoms with Gasteiger partial charge in [-0.1, -0.05) is 44.2 Å². The van der Waals surface area contributed by atoms with Crippen LogP contribution >= 0.6 is 0 Å². The number of aliphatic hydroxyl groups is 1. The van der Waals surface area contributed by atoms with E-state index >= 15 is 0 Å². The summed E-state index contributed by atoms with van der Waals surface area (Å²) in [6, 6.07) is 11.0. The Hall–Kier alpha value is -0.900. The van der Waals surface area contributed by atoms with E-state index in [9.17, 15) is 5.11 Å². The minimum absolute atomic E-state index is 0.164. The molecule has 3 nitrogen and oxygen atoms in total. The number of nitrogens with one attached hydrogen (secondary N) is 1. The largest absolute Gasteiger partial charge is 0.394 e. The second kappa shape index (κ2) is 7.92. The van der Waals surface area contributed by atoms with E-state index in [0.717, 1.165) is 26.1 Å². The van der Waals surface area contributed by atoms with Gasteiger partial charge in [0.25, 0.3) is 0 Å². The van der Waals surface area contributed by atoms with Crippen molar-refractivity contribution < 1.29 is 5.11 Å². The average molecular weight is 290 g/mol.